The largest absolute Gasteiger partial charge is 0.363 e. The van der Waals surface area contributed by atoms with Crippen LogP contribution in [0.3, 0.4) is 0 Å². The van der Waals surface area contributed by atoms with Crippen LogP contribution in [-0.2, 0) is 4.84 Å². The first kappa shape index (κ1) is 19.3. The molecule has 3 rings (SSSR count). The molecular formula is C17H14ClF2IN2O3. The van der Waals surface area contributed by atoms with Crippen LogP contribution in [0.25, 0.3) is 0 Å². The van der Waals surface area contributed by atoms with E-state index in [1.165, 1.54) is 0 Å². The lowest BCUT2D eigenvalue weighted by molar-refractivity contribution is -0.166. The number of halogens is 4. The molecule has 0 bridgehead atoms. The predicted octanol–water partition coefficient (Wildman–Crippen LogP) is 4.36. The van der Waals surface area contributed by atoms with Crippen molar-refractivity contribution in [1.82, 2.24) is 5.48 Å². The third-order valence-corrected chi connectivity index (χ3v) is 5.02. The number of nitrogens with one attached hydrogen (secondary N) is 2. The van der Waals surface area contributed by atoms with Gasteiger partial charge in [0.25, 0.3) is 5.91 Å². The molecule has 3 N–H and O–H groups in total. The van der Waals surface area contributed by atoms with Crippen molar-refractivity contribution in [2.75, 3.05) is 5.32 Å². The topological polar surface area (TPSA) is 70.6 Å². The summed E-state index contributed by atoms with van der Waals surface area (Å²) in [6, 6.07) is 6.70. The van der Waals surface area contributed by atoms with E-state index in [9.17, 15) is 18.7 Å². The summed E-state index contributed by atoms with van der Waals surface area (Å²) in [6.07, 6.45) is 0.369. The van der Waals surface area contributed by atoms with Gasteiger partial charge in [-0.3, -0.25) is 4.79 Å². The van der Waals surface area contributed by atoms with Gasteiger partial charge in [-0.1, -0.05) is 18.5 Å². The Hall–Kier alpha value is -1.49. The summed E-state index contributed by atoms with van der Waals surface area (Å²) in [5.41, 5.74) is 2.30. The van der Waals surface area contributed by atoms with E-state index in [4.69, 9.17) is 16.4 Å². The van der Waals surface area contributed by atoms with Gasteiger partial charge in [-0.15, -0.1) is 0 Å². The van der Waals surface area contributed by atoms with E-state index in [0.717, 1.165) is 15.7 Å². The monoisotopic (exact) mass is 494 g/mol. The number of hydrogen-bond acceptors (Lipinski definition) is 4. The molecule has 0 aliphatic heterocycles. The number of hydroxylamine groups is 1. The summed E-state index contributed by atoms with van der Waals surface area (Å²) in [5.74, 6) is -4.70. The van der Waals surface area contributed by atoms with Crippen LogP contribution in [-0.4, -0.2) is 16.8 Å². The third kappa shape index (κ3) is 4.08. The molecule has 138 valence electrons. The molecule has 9 heteroatoms. The quantitative estimate of drug-likeness (QED) is 0.328. The first-order valence-corrected chi connectivity index (χ1v) is 9.07. The molecule has 1 aliphatic rings. The van der Waals surface area contributed by atoms with E-state index in [2.05, 4.69) is 33.4 Å². The molecule has 0 aromatic heterocycles. The second-order valence-corrected chi connectivity index (χ2v) is 7.70. The summed E-state index contributed by atoms with van der Waals surface area (Å²) in [5, 5.41) is 13.0. The normalized spacial score (nSPS) is 21.4. The Balaban J connectivity index is 1.86. The predicted molar refractivity (Wildman–Crippen MR) is 101 cm³/mol. The van der Waals surface area contributed by atoms with Crippen LogP contribution < -0.4 is 10.8 Å². The minimum atomic E-state index is -1.43. The van der Waals surface area contributed by atoms with Gasteiger partial charge in [-0.2, -0.15) is 0 Å². The van der Waals surface area contributed by atoms with Crippen LogP contribution in [0.2, 0.25) is 5.02 Å². The molecular weight excluding hydrogens is 481 g/mol. The number of anilines is 2. The second kappa shape index (κ2) is 7.26. The van der Waals surface area contributed by atoms with Crippen molar-refractivity contribution < 1.29 is 23.5 Å². The molecule has 0 radical (unpaired) electrons. The zero-order valence-corrected chi connectivity index (χ0v) is 16.4. The molecule has 1 saturated carbocycles. The number of aliphatic hydroxyl groups is 1. The Morgan fingerprint density at radius 1 is 1.31 bits per heavy atom. The van der Waals surface area contributed by atoms with Crippen LogP contribution in [0.15, 0.2) is 30.3 Å². The Kier molecular flexibility index (Phi) is 5.38. The maximum Gasteiger partial charge on any atom is 0.277 e. The molecule has 2 aromatic rings. The van der Waals surface area contributed by atoms with Crippen LogP contribution in [0.5, 0.6) is 0 Å². The van der Waals surface area contributed by atoms with Gasteiger partial charge in [-0.05, 0) is 46.9 Å². The van der Waals surface area contributed by atoms with E-state index in [-0.39, 0.29) is 17.2 Å². The highest BCUT2D eigenvalue weighted by atomic mass is 127. The minimum absolute atomic E-state index is 0.00365. The van der Waals surface area contributed by atoms with Gasteiger partial charge < -0.3 is 10.4 Å². The molecule has 0 saturated heterocycles. The fourth-order valence-electron chi connectivity index (χ4n) is 2.29. The van der Waals surface area contributed by atoms with Crippen molar-refractivity contribution in [2.45, 2.75) is 19.1 Å². The van der Waals surface area contributed by atoms with E-state index in [1.807, 2.05) is 0 Å². The van der Waals surface area contributed by atoms with Gasteiger partial charge >= 0.3 is 0 Å². The number of carbonyl (C=O) groups excluding carboxylic acids is 1. The molecule has 0 spiro atoms. The number of rotatable bonds is 5. The first-order valence-electron chi connectivity index (χ1n) is 7.61. The summed E-state index contributed by atoms with van der Waals surface area (Å²) in [4.78, 5) is 17.3. The molecule has 0 heterocycles. The fraction of sp³-hybridized carbons (Fsp3) is 0.235. The Bertz CT molecular complexity index is 883. The highest BCUT2D eigenvalue weighted by Gasteiger charge is 2.52. The van der Waals surface area contributed by atoms with Crippen molar-refractivity contribution in [3.63, 3.8) is 0 Å². The third-order valence-electron chi connectivity index (χ3n) is 4.03. The van der Waals surface area contributed by atoms with Crippen LogP contribution in [0.4, 0.5) is 20.2 Å². The molecule has 26 heavy (non-hydrogen) atoms. The van der Waals surface area contributed by atoms with E-state index >= 15 is 0 Å². The average Bonchev–Trinajstić information content (AvgIpc) is 3.18. The van der Waals surface area contributed by atoms with Crippen molar-refractivity contribution in [2.24, 2.45) is 5.92 Å². The zero-order chi connectivity index (χ0) is 19.1. The van der Waals surface area contributed by atoms with E-state index in [0.29, 0.717) is 17.1 Å². The van der Waals surface area contributed by atoms with Crippen LogP contribution in [0, 0.1) is 21.1 Å². The Labute approximate surface area is 166 Å². The summed E-state index contributed by atoms with van der Waals surface area (Å²) < 4.78 is 28.2. The van der Waals surface area contributed by atoms with Crippen molar-refractivity contribution >= 4 is 51.5 Å². The SMILES string of the molecule is CC1CC1(O)ONC(=O)c1cc(F)c(F)cc1Nc1ccc(I)cc1Cl. The molecule has 1 aliphatic carbocycles. The van der Waals surface area contributed by atoms with Crippen molar-refractivity contribution in [3.05, 3.63) is 56.1 Å². The van der Waals surface area contributed by atoms with Crippen molar-refractivity contribution in [3.8, 4) is 0 Å². The van der Waals surface area contributed by atoms with Gasteiger partial charge in [0, 0.05) is 22.0 Å². The molecule has 2 atom stereocenters. The minimum Gasteiger partial charge on any atom is -0.363 e. The highest BCUT2D eigenvalue weighted by molar-refractivity contribution is 14.1. The van der Waals surface area contributed by atoms with Crippen LogP contribution >= 0.6 is 34.2 Å². The summed E-state index contributed by atoms with van der Waals surface area (Å²) in [6.45, 7) is 1.75. The van der Waals surface area contributed by atoms with Gasteiger partial charge in [0.05, 0.1) is 22.0 Å². The van der Waals surface area contributed by atoms with E-state index < -0.39 is 23.3 Å². The van der Waals surface area contributed by atoms with Gasteiger partial charge in [0.2, 0.25) is 0 Å². The number of hydrogen-bond donors (Lipinski definition) is 3. The maximum absolute atomic E-state index is 13.7. The molecule has 5 nitrogen and oxygen atoms in total. The lowest BCUT2D eigenvalue weighted by Crippen LogP contribution is -2.32. The summed E-state index contributed by atoms with van der Waals surface area (Å²) in [7, 11) is 0. The molecule has 1 amide bonds. The van der Waals surface area contributed by atoms with Gasteiger partial charge in [0.1, 0.15) is 0 Å². The Morgan fingerprint density at radius 2 is 1.96 bits per heavy atom. The van der Waals surface area contributed by atoms with Crippen LogP contribution in [0.1, 0.15) is 23.7 Å². The fourth-order valence-corrected chi connectivity index (χ4v) is 3.19. The molecule has 2 unspecified atom stereocenters. The highest BCUT2D eigenvalue weighted by Crippen LogP contribution is 2.43. The first-order chi connectivity index (χ1) is 12.2. The smallest absolute Gasteiger partial charge is 0.277 e. The van der Waals surface area contributed by atoms with Gasteiger partial charge in [0.15, 0.2) is 17.4 Å². The lowest BCUT2D eigenvalue weighted by Gasteiger charge is -2.15. The maximum atomic E-state index is 13.7. The second-order valence-electron chi connectivity index (χ2n) is 6.04. The average molecular weight is 495 g/mol. The zero-order valence-electron chi connectivity index (χ0n) is 13.4. The standard InChI is InChI=1S/C17H14ClF2IN2O3/c1-8-7-17(8,25)26-23-16(24)10-5-12(19)13(20)6-15(10)22-14-3-2-9(21)4-11(14)18/h2-6,8,22,25H,7H2,1H3,(H,23,24). The number of benzene rings is 2. The molecule has 1 fully saturated rings. The Morgan fingerprint density at radius 3 is 2.58 bits per heavy atom. The van der Waals surface area contributed by atoms with Gasteiger partial charge in [-0.25, -0.2) is 19.1 Å². The van der Waals surface area contributed by atoms with E-state index in [1.54, 1.807) is 25.1 Å². The summed E-state index contributed by atoms with van der Waals surface area (Å²) >= 11 is 8.21. The number of amides is 1. The molecule has 2 aromatic carbocycles. The number of carbonyl (C=O) groups is 1. The lowest BCUT2D eigenvalue weighted by atomic mass is 10.1. The van der Waals surface area contributed by atoms with Crippen molar-refractivity contribution in [1.29, 1.82) is 0 Å².